The van der Waals surface area contributed by atoms with Gasteiger partial charge < -0.3 is 4.74 Å². The highest BCUT2D eigenvalue weighted by Gasteiger charge is 2.01. The number of unbranched alkanes of at least 4 members (excludes halogenated alkanes) is 9. The molecule has 0 aliphatic carbocycles. The Hall–Kier alpha value is -0.0400. The van der Waals surface area contributed by atoms with Crippen molar-refractivity contribution < 1.29 is 4.74 Å². The molecule has 0 N–H and O–H groups in total. The van der Waals surface area contributed by atoms with Crippen molar-refractivity contribution in [3.8, 4) is 0 Å². The van der Waals surface area contributed by atoms with Gasteiger partial charge in [-0.1, -0.05) is 78.1 Å². The van der Waals surface area contributed by atoms with Crippen LogP contribution in [0, 0.1) is 0 Å². The van der Waals surface area contributed by atoms with E-state index in [2.05, 4.69) is 20.8 Å². The highest BCUT2D eigenvalue weighted by molar-refractivity contribution is 4.52. The molecule has 1 atom stereocenters. The summed E-state index contributed by atoms with van der Waals surface area (Å²) in [5, 5.41) is 0. The highest BCUT2D eigenvalue weighted by Crippen LogP contribution is 2.10. The van der Waals surface area contributed by atoms with E-state index in [1.165, 1.54) is 77.0 Å². The molecule has 0 saturated carbocycles. The van der Waals surface area contributed by atoms with Crippen LogP contribution in [-0.4, -0.2) is 12.7 Å². The molecule has 0 aromatic heterocycles. The van der Waals surface area contributed by atoms with Crippen molar-refractivity contribution in [1.29, 1.82) is 0 Å². The van der Waals surface area contributed by atoms with E-state index in [-0.39, 0.29) is 0 Å². The van der Waals surface area contributed by atoms with Crippen molar-refractivity contribution in [3.63, 3.8) is 0 Å². The molecule has 0 bridgehead atoms. The number of ether oxygens (including phenoxy) is 1. The Labute approximate surface area is 116 Å². The van der Waals surface area contributed by atoms with Crippen LogP contribution in [0.5, 0.6) is 0 Å². The van der Waals surface area contributed by atoms with Crippen molar-refractivity contribution in [2.75, 3.05) is 6.61 Å². The van der Waals surface area contributed by atoms with E-state index >= 15 is 0 Å². The third kappa shape index (κ3) is 14.0. The van der Waals surface area contributed by atoms with Gasteiger partial charge in [0, 0.05) is 6.61 Å². The Morgan fingerprint density at radius 3 is 1.78 bits per heavy atom. The molecule has 0 amide bonds. The molecule has 1 heteroatoms. The second kappa shape index (κ2) is 15.0. The molecular weight excluding hydrogens is 220 g/mol. The van der Waals surface area contributed by atoms with Crippen LogP contribution < -0.4 is 0 Å². The van der Waals surface area contributed by atoms with Crippen LogP contribution in [0.2, 0.25) is 0 Å². The predicted octanol–water partition coefficient (Wildman–Crippen LogP) is 6.11. The van der Waals surface area contributed by atoms with Crippen LogP contribution in [0.25, 0.3) is 0 Å². The van der Waals surface area contributed by atoms with Crippen LogP contribution in [0.15, 0.2) is 0 Å². The van der Waals surface area contributed by atoms with Gasteiger partial charge in [-0.3, -0.25) is 0 Å². The van der Waals surface area contributed by atoms with Crippen molar-refractivity contribution in [2.45, 2.75) is 104 Å². The zero-order chi connectivity index (χ0) is 13.5. The largest absolute Gasteiger partial charge is 0.379 e. The Bertz CT molecular complexity index is 145. The fourth-order valence-corrected chi connectivity index (χ4v) is 2.29. The van der Waals surface area contributed by atoms with Crippen LogP contribution in [0.1, 0.15) is 97.8 Å². The first-order valence-corrected chi connectivity index (χ1v) is 8.42. The first-order chi connectivity index (χ1) is 8.81. The lowest BCUT2D eigenvalue weighted by atomic mass is 10.1. The molecule has 0 fully saturated rings. The van der Waals surface area contributed by atoms with Crippen molar-refractivity contribution in [1.82, 2.24) is 0 Å². The normalized spacial score (nSPS) is 12.8. The van der Waals surface area contributed by atoms with E-state index in [0.29, 0.717) is 6.10 Å². The topological polar surface area (TPSA) is 9.23 Å². The molecule has 0 aromatic rings. The van der Waals surface area contributed by atoms with Gasteiger partial charge in [0.05, 0.1) is 6.10 Å². The van der Waals surface area contributed by atoms with Gasteiger partial charge in [-0.2, -0.15) is 0 Å². The second-order valence-corrected chi connectivity index (χ2v) is 5.65. The summed E-state index contributed by atoms with van der Waals surface area (Å²) in [6, 6.07) is 0. The Kier molecular flexibility index (Phi) is 15.0. The summed E-state index contributed by atoms with van der Waals surface area (Å²) in [6.07, 6.45) is 16.8. The fraction of sp³-hybridized carbons (Fsp3) is 1.00. The lowest BCUT2D eigenvalue weighted by Crippen LogP contribution is -2.09. The number of rotatable bonds is 14. The first-order valence-electron chi connectivity index (χ1n) is 8.42. The summed E-state index contributed by atoms with van der Waals surface area (Å²) in [5.74, 6) is 0. The van der Waals surface area contributed by atoms with Crippen LogP contribution >= 0.6 is 0 Å². The third-order valence-corrected chi connectivity index (χ3v) is 3.61. The number of hydrogen-bond donors (Lipinski definition) is 0. The maximum atomic E-state index is 5.83. The van der Waals surface area contributed by atoms with Crippen molar-refractivity contribution in [3.05, 3.63) is 0 Å². The van der Waals surface area contributed by atoms with Gasteiger partial charge in [0.15, 0.2) is 0 Å². The summed E-state index contributed by atoms with van der Waals surface area (Å²) in [4.78, 5) is 0. The maximum absolute atomic E-state index is 5.83. The average Bonchev–Trinajstić information content (AvgIpc) is 2.37. The SMILES string of the molecule is CCCCCCCCCCOC(C)CCCCC. The highest BCUT2D eigenvalue weighted by atomic mass is 16.5. The van der Waals surface area contributed by atoms with E-state index in [1.54, 1.807) is 0 Å². The molecule has 0 saturated heterocycles. The summed E-state index contributed by atoms with van der Waals surface area (Å²) in [6.45, 7) is 7.73. The van der Waals surface area contributed by atoms with Gasteiger partial charge in [0.25, 0.3) is 0 Å². The summed E-state index contributed by atoms with van der Waals surface area (Å²) >= 11 is 0. The van der Waals surface area contributed by atoms with Gasteiger partial charge in [0.2, 0.25) is 0 Å². The Morgan fingerprint density at radius 2 is 1.17 bits per heavy atom. The Balaban J connectivity index is 3.05. The summed E-state index contributed by atoms with van der Waals surface area (Å²) in [7, 11) is 0. The van der Waals surface area contributed by atoms with Gasteiger partial charge in [0.1, 0.15) is 0 Å². The molecule has 18 heavy (non-hydrogen) atoms. The monoisotopic (exact) mass is 256 g/mol. The average molecular weight is 256 g/mol. The van der Waals surface area contributed by atoms with Crippen LogP contribution in [-0.2, 0) is 4.74 Å². The molecule has 0 aliphatic heterocycles. The molecule has 0 spiro atoms. The van der Waals surface area contributed by atoms with Gasteiger partial charge in [-0.15, -0.1) is 0 Å². The van der Waals surface area contributed by atoms with Gasteiger partial charge >= 0.3 is 0 Å². The first kappa shape index (κ1) is 18.0. The molecule has 0 aliphatic rings. The zero-order valence-electron chi connectivity index (χ0n) is 13.2. The Morgan fingerprint density at radius 1 is 0.667 bits per heavy atom. The minimum atomic E-state index is 0.473. The molecule has 0 rings (SSSR count). The standard InChI is InChI=1S/C17H36O/c1-4-6-8-9-10-11-12-14-16-18-17(3)15-13-7-5-2/h17H,4-16H2,1-3H3. The number of hydrogen-bond acceptors (Lipinski definition) is 1. The van der Waals surface area contributed by atoms with E-state index < -0.39 is 0 Å². The summed E-state index contributed by atoms with van der Waals surface area (Å²) in [5.41, 5.74) is 0. The van der Waals surface area contributed by atoms with E-state index in [9.17, 15) is 0 Å². The predicted molar refractivity (Wildman–Crippen MR) is 82.2 cm³/mol. The van der Waals surface area contributed by atoms with Crippen molar-refractivity contribution in [2.24, 2.45) is 0 Å². The van der Waals surface area contributed by atoms with E-state index in [4.69, 9.17) is 4.74 Å². The van der Waals surface area contributed by atoms with E-state index in [0.717, 1.165) is 6.61 Å². The van der Waals surface area contributed by atoms with Crippen LogP contribution in [0.3, 0.4) is 0 Å². The molecule has 110 valence electrons. The molecule has 0 heterocycles. The van der Waals surface area contributed by atoms with Crippen LogP contribution in [0.4, 0.5) is 0 Å². The molecule has 1 unspecified atom stereocenters. The van der Waals surface area contributed by atoms with E-state index in [1.807, 2.05) is 0 Å². The second-order valence-electron chi connectivity index (χ2n) is 5.65. The molecule has 1 nitrogen and oxygen atoms in total. The smallest absolute Gasteiger partial charge is 0.0547 e. The third-order valence-electron chi connectivity index (χ3n) is 3.61. The lowest BCUT2D eigenvalue weighted by Gasteiger charge is -2.12. The van der Waals surface area contributed by atoms with Gasteiger partial charge in [-0.05, 0) is 19.8 Å². The minimum absolute atomic E-state index is 0.473. The minimum Gasteiger partial charge on any atom is -0.379 e. The summed E-state index contributed by atoms with van der Waals surface area (Å²) < 4.78 is 5.83. The lowest BCUT2D eigenvalue weighted by molar-refractivity contribution is 0.0558. The fourth-order valence-electron chi connectivity index (χ4n) is 2.29. The quantitative estimate of drug-likeness (QED) is 0.341. The zero-order valence-corrected chi connectivity index (χ0v) is 13.2. The molecular formula is C17H36O. The van der Waals surface area contributed by atoms with Gasteiger partial charge in [-0.25, -0.2) is 0 Å². The molecule has 0 aromatic carbocycles. The van der Waals surface area contributed by atoms with Crippen molar-refractivity contribution >= 4 is 0 Å². The molecule has 0 radical (unpaired) electrons. The maximum Gasteiger partial charge on any atom is 0.0547 e.